The van der Waals surface area contributed by atoms with E-state index in [1.165, 1.54) is 6.26 Å². The minimum atomic E-state index is -2.21. The Kier molecular flexibility index (Phi) is 3.78. The first-order valence-electron chi connectivity index (χ1n) is 12.4. The van der Waals surface area contributed by atoms with Gasteiger partial charge >= 0.3 is 11.9 Å². The zero-order valence-electron chi connectivity index (χ0n) is 20.0. The lowest BCUT2D eigenvalue weighted by Gasteiger charge is -2.67. The van der Waals surface area contributed by atoms with Crippen LogP contribution in [0.15, 0.2) is 23.0 Å². The van der Waals surface area contributed by atoms with Crippen molar-refractivity contribution in [3.63, 3.8) is 0 Å². The van der Waals surface area contributed by atoms with Crippen LogP contribution in [0.4, 0.5) is 0 Å². The molecular weight excluding hydrogens is 456 g/mol. The highest BCUT2D eigenvalue weighted by Crippen LogP contribution is 2.81. The average Bonchev–Trinajstić information content (AvgIpc) is 3.46. The SMILES string of the molecule is CC1(C)C(=O)[C@]2(O)C[C@@]34O[C@@]2(O)[C@]2(COC(=O)C[C@@H]12)[C@H]3CC[C@]1(C)[C@H]4CC(=O)O[C@H]1c1ccoc1. The van der Waals surface area contributed by atoms with Crippen LogP contribution in [0, 0.1) is 34.0 Å². The van der Waals surface area contributed by atoms with Crippen LogP contribution in [0.5, 0.6) is 0 Å². The minimum absolute atomic E-state index is 0.0330. The first-order chi connectivity index (χ1) is 16.4. The second-order valence-corrected chi connectivity index (χ2v) is 12.5. The van der Waals surface area contributed by atoms with Gasteiger partial charge in [-0.05, 0) is 24.8 Å². The minimum Gasteiger partial charge on any atom is -0.472 e. The molecule has 4 aliphatic heterocycles. The van der Waals surface area contributed by atoms with Gasteiger partial charge in [-0.3, -0.25) is 14.4 Å². The van der Waals surface area contributed by atoms with Crippen molar-refractivity contribution in [2.45, 2.75) is 76.0 Å². The molecule has 9 atom stereocenters. The Balaban J connectivity index is 1.44. The summed E-state index contributed by atoms with van der Waals surface area (Å²) in [6.07, 6.45) is 3.71. The van der Waals surface area contributed by atoms with Crippen LogP contribution in [-0.2, 0) is 28.6 Å². The van der Waals surface area contributed by atoms with Gasteiger partial charge in [0.1, 0.15) is 12.7 Å². The van der Waals surface area contributed by atoms with Crippen molar-refractivity contribution in [2.75, 3.05) is 6.61 Å². The molecule has 2 N–H and O–H groups in total. The van der Waals surface area contributed by atoms with E-state index in [9.17, 15) is 24.6 Å². The van der Waals surface area contributed by atoms with Crippen LogP contribution in [0.2, 0.25) is 0 Å². The van der Waals surface area contributed by atoms with E-state index in [0.717, 1.165) is 5.56 Å². The normalized spacial score (nSPS) is 53.3. The summed E-state index contributed by atoms with van der Waals surface area (Å²) in [4.78, 5) is 39.3. The highest BCUT2D eigenvalue weighted by atomic mass is 16.7. The monoisotopic (exact) mass is 486 g/mol. The number of carbonyl (C=O) groups is 3. The van der Waals surface area contributed by atoms with Crippen molar-refractivity contribution in [1.29, 1.82) is 0 Å². The molecule has 1 aromatic heterocycles. The van der Waals surface area contributed by atoms with Gasteiger partial charge in [0.15, 0.2) is 11.4 Å². The second-order valence-electron chi connectivity index (χ2n) is 12.5. The highest BCUT2D eigenvalue weighted by molar-refractivity contribution is 5.96. The van der Waals surface area contributed by atoms with E-state index in [4.69, 9.17) is 18.6 Å². The maximum Gasteiger partial charge on any atom is 0.306 e. The van der Waals surface area contributed by atoms with Crippen LogP contribution in [0.25, 0.3) is 0 Å². The van der Waals surface area contributed by atoms with Gasteiger partial charge in [0.05, 0.1) is 36.4 Å². The fourth-order valence-electron chi connectivity index (χ4n) is 9.67. The Morgan fingerprint density at radius 3 is 2.46 bits per heavy atom. The van der Waals surface area contributed by atoms with E-state index < -0.39 is 68.9 Å². The van der Waals surface area contributed by atoms with E-state index in [2.05, 4.69) is 0 Å². The van der Waals surface area contributed by atoms with E-state index >= 15 is 0 Å². The summed E-state index contributed by atoms with van der Waals surface area (Å²) < 4.78 is 23.3. The number of cyclic esters (lactones) is 2. The molecule has 5 heterocycles. The number of ketones is 1. The number of rotatable bonds is 1. The lowest BCUT2D eigenvalue weighted by atomic mass is 9.35. The molecule has 6 fully saturated rings. The molecule has 2 bridgehead atoms. The third-order valence-corrected chi connectivity index (χ3v) is 11.0. The molecule has 35 heavy (non-hydrogen) atoms. The van der Waals surface area contributed by atoms with Crippen molar-refractivity contribution < 1.29 is 43.2 Å². The quantitative estimate of drug-likeness (QED) is 0.572. The molecular formula is C26H30O9. The Morgan fingerprint density at radius 2 is 1.74 bits per heavy atom. The lowest BCUT2D eigenvalue weighted by molar-refractivity contribution is -0.338. The number of furan rings is 1. The predicted molar refractivity (Wildman–Crippen MR) is 115 cm³/mol. The molecule has 9 nitrogen and oxygen atoms in total. The van der Waals surface area contributed by atoms with Crippen molar-refractivity contribution in [3.8, 4) is 0 Å². The Bertz CT molecular complexity index is 1170. The molecule has 0 aromatic carbocycles. The largest absolute Gasteiger partial charge is 0.472 e. The van der Waals surface area contributed by atoms with Crippen molar-refractivity contribution >= 4 is 17.7 Å². The molecule has 2 aliphatic carbocycles. The van der Waals surface area contributed by atoms with E-state index in [0.29, 0.717) is 12.8 Å². The van der Waals surface area contributed by atoms with Crippen LogP contribution in [0.1, 0.15) is 64.5 Å². The third-order valence-electron chi connectivity index (χ3n) is 11.0. The molecule has 0 amide bonds. The topological polar surface area (TPSA) is 132 Å². The summed E-state index contributed by atoms with van der Waals surface area (Å²) in [7, 11) is 0. The Labute approximate surface area is 202 Å². The van der Waals surface area contributed by atoms with E-state index in [1.54, 1.807) is 26.2 Å². The standard InChI is InChI=1S/C26H30O9/c1-21(2)15-8-17(27)33-12-23(15)14-4-6-22(3)16(9-18(28)34-19(22)13-5-7-32-10-13)24(14)11-25(30,20(21)29)26(23,31)35-24/h5,7,10,14-16,19,30-31H,4,6,8-9,11-12H2,1-3H3/t14-,15+,16-,19+,22-,23-,24-,25-,26+/m1/s1. The van der Waals surface area contributed by atoms with Gasteiger partial charge in [0.25, 0.3) is 0 Å². The number of Topliss-reactive ketones (excluding diaryl/α,β-unsaturated/α-hetero) is 1. The van der Waals surface area contributed by atoms with Crippen LogP contribution >= 0.6 is 0 Å². The molecule has 2 saturated carbocycles. The predicted octanol–water partition coefficient (Wildman–Crippen LogP) is 2.05. The van der Waals surface area contributed by atoms with Gasteiger partial charge in [-0.15, -0.1) is 0 Å². The van der Waals surface area contributed by atoms with Crippen LogP contribution in [-0.4, -0.2) is 51.5 Å². The first kappa shape index (κ1) is 22.0. The summed E-state index contributed by atoms with van der Waals surface area (Å²) in [5.41, 5.74) is -5.37. The summed E-state index contributed by atoms with van der Waals surface area (Å²) >= 11 is 0. The molecule has 7 rings (SSSR count). The first-order valence-corrected chi connectivity index (χ1v) is 12.4. The maximum atomic E-state index is 13.9. The number of fused-ring (bicyclic) bond motifs is 1. The smallest absolute Gasteiger partial charge is 0.306 e. The molecule has 188 valence electrons. The van der Waals surface area contributed by atoms with E-state index in [-0.39, 0.29) is 31.8 Å². The number of hydrogen-bond donors (Lipinski definition) is 2. The van der Waals surface area contributed by atoms with Gasteiger partial charge in [-0.1, -0.05) is 20.8 Å². The molecule has 4 saturated heterocycles. The summed E-state index contributed by atoms with van der Waals surface area (Å²) in [5, 5.41) is 24.3. The number of ether oxygens (including phenoxy) is 3. The molecule has 6 aliphatic rings. The molecule has 0 radical (unpaired) electrons. The number of hydrogen-bond acceptors (Lipinski definition) is 9. The van der Waals surface area contributed by atoms with Gasteiger partial charge in [-0.2, -0.15) is 0 Å². The highest BCUT2D eigenvalue weighted by Gasteiger charge is 2.93. The molecule has 1 aromatic rings. The Hall–Kier alpha value is -2.23. The second kappa shape index (κ2) is 6.01. The number of carbonyl (C=O) groups excluding carboxylic acids is 3. The van der Waals surface area contributed by atoms with Crippen molar-refractivity contribution in [3.05, 3.63) is 24.2 Å². The summed E-state index contributed by atoms with van der Waals surface area (Å²) in [5.74, 6) is -4.84. The Morgan fingerprint density at radius 1 is 1.00 bits per heavy atom. The fraction of sp³-hybridized carbons (Fsp3) is 0.731. The van der Waals surface area contributed by atoms with Gasteiger partial charge in [0, 0.05) is 34.7 Å². The number of esters is 2. The fourth-order valence-corrected chi connectivity index (χ4v) is 9.67. The zero-order chi connectivity index (χ0) is 24.8. The molecule has 0 unspecified atom stereocenters. The molecule has 9 heteroatoms. The lowest BCUT2D eigenvalue weighted by Crippen LogP contribution is -2.81. The van der Waals surface area contributed by atoms with Crippen molar-refractivity contribution in [2.24, 2.45) is 34.0 Å². The van der Waals surface area contributed by atoms with E-state index in [1.807, 2.05) is 6.92 Å². The van der Waals surface area contributed by atoms with Crippen LogP contribution in [0.3, 0.4) is 0 Å². The molecule has 2 spiro atoms. The van der Waals surface area contributed by atoms with Gasteiger partial charge in [-0.25, -0.2) is 0 Å². The number of aliphatic hydroxyl groups is 2. The summed E-state index contributed by atoms with van der Waals surface area (Å²) in [6, 6.07) is 1.78. The zero-order valence-corrected chi connectivity index (χ0v) is 20.0. The van der Waals surface area contributed by atoms with Gasteiger partial charge < -0.3 is 28.8 Å². The average molecular weight is 487 g/mol. The summed E-state index contributed by atoms with van der Waals surface area (Å²) in [6.45, 7) is 5.41. The third kappa shape index (κ3) is 2.06. The van der Waals surface area contributed by atoms with Crippen molar-refractivity contribution in [1.82, 2.24) is 0 Å². The maximum absolute atomic E-state index is 13.9. The van der Waals surface area contributed by atoms with Gasteiger partial charge in [0.2, 0.25) is 5.79 Å². The van der Waals surface area contributed by atoms with Crippen LogP contribution < -0.4 is 0 Å².